The lowest BCUT2D eigenvalue weighted by Gasteiger charge is -2.22. The Bertz CT molecular complexity index is 690. The van der Waals surface area contributed by atoms with Gasteiger partial charge >= 0.3 is 0 Å². The molecule has 2 aliphatic carbocycles. The third kappa shape index (κ3) is 2.15. The number of H-pyrrole nitrogens is 1. The average Bonchev–Trinajstić information content (AvgIpc) is 2.93. The van der Waals surface area contributed by atoms with Crippen molar-refractivity contribution in [3.05, 3.63) is 35.0 Å². The number of rotatable bonds is 1. The van der Waals surface area contributed by atoms with Crippen molar-refractivity contribution in [2.45, 2.75) is 57.3 Å². The van der Waals surface area contributed by atoms with Crippen LogP contribution in [0, 0.1) is 0 Å². The Labute approximate surface area is 125 Å². The lowest BCUT2D eigenvalue weighted by molar-refractivity contribution is 0.444. The predicted molar refractivity (Wildman–Crippen MR) is 87.8 cm³/mol. The van der Waals surface area contributed by atoms with Crippen LogP contribution in [0.1, 0.15) is 67.7 Å². The average molecular weight is 281 g/mol. The molecule has 0 radical (unpaired) electrons. The summed E-state index contributed by atoms with van der Waals surface area (Å²) in [6.07, 6.45) is 10.2. The van der Waals surface area contributed by atoms with E-state index in [4.69, 9.17) is 5.84 Å². The predicted octanol–water partition coefficient (Wildman–Crippen LogP) is 4.21. The first-order valence-electron chi connectivity index (χ1n) is 8.28. The number of aromatic amines is 1. The Morgan fingerprint density at radius 1 is 1.05 bits per heavy atom. The van der Waals surface area contributed by atoms with Crippen LogP contribution in [0.2, 0.25) is 0 Å². The summed E-state index contributed by atoms with van der Waals surface area (Å²) in [6.45, 7) is 0. The molecule has 4 rings (SSSR count). The summed E-state index contributed by atoms with van der Waals surface area (Å²) in [5.74, 6) is 6.32. The normalized spacial score (nSPS) is 21.8. The highest BCUT2D eigenvalue weighted by Gasteiger charge is 2.22. The Morgan fingerprint density at radius 3 is 2.71 bits per heavy atom. The smallest absolute Gasteiger partial charge is 0.0837 e. The van der Waals surface area contributed by atoms with E-state index in [9.17, 15) is 0 Å². The van der Waals surface area contributed by atoms with Gasteiger partial charge < -0.3 is 10.8 Å². The minimum atomic E-state index is 0.764. The summed E-state index contributed by atoms with van der Waals surface area (Å²) in [5.41, 5.74) is 6.41. The molecule has 1 aromatic carbocycles. The van der Waals surface area contributed by atoms with E-state index in [1.54, 1.807) is 0 Å². The molecular formula is C18H23N3. The SMILES string of the molecule is N/N=C1/CCCc2c1[nH]c1ccc(C3CCCCC3)cc21. The molecule has 0 atom stereocenters. The van der Waals surface area contributed by atoms with Crippen molar-refractivity contribution in [3.8, 4) is 0 Å². The van der Waals surface area contributed by atoms with Gasteiger partial charge in [-0.1, -0.05) is 25.3 Å². The number of hydrazone groups is 1. The third-order valence-corrected chi connectivity index (χ3v) is 5.29. The number of benzene rings is 1. The zero-order valence-electron chi connectivity index (χ0n) is 12.5. The number of nitrogens with two attached hydrogens (primary N) is 1. The molecule has 0 spiro atoms. The summed E-state index contributed by atoms with van der Waals surface area (Å²) in [6, 6.07) is 7.01. The van der Waals surface area contributed by atoms with Crippen LogP contribution in [-0.4, -0.2) is 10.7 Å². The summed E-state index contributed by atoms with van der Waals surface area (Å²) in [5, 5.41) is 5.38. The number of nitrogens with zero attached hydrogens (tertiary/aromatic N) is 1. The summed E-state index contributed by atoms with van der Waals surface area (Å²) in [4.78, 5) is 3.54. The number of nitrogens with one attached hydrogen (secondary N) is 1. The molecule has 0 amide bonds. The molecule has 0 unspecified atom stereocenters. The van der Waals surface area contributed by atoms with Gasteiger partial charge in [-0.3, -0.25) is 0 Å². The largest absolute Gasteiger partial charge is 0.353 e. The van der Waals surface area contributed by atoms with Gasteiger partial charge in [0.2, 0.25) is 0 Å². The Hall–Kier alpha value is -1.77. The minimum Gasteiger partial charge on any atom is -0.353 e. The van der Waals surface area contributed by atoms with Crippen LogP contribution in [-0.2, 0) is 6.42 Å². The molecule has 1 heterocycles. The Kier molecular flexibility index (Phi) is 3.21. The first-order valence-corrected chi connectivity index (χ1v) is 8.28. The first-order chi connectivity index (χ1) is 10.4. The summed E-state index contributed by atoms with van der Waals surface area (Å²) >= 11 is 0. The molecule has 2 aromatic rings. The summed E-state index contributed by atoms with van der Waals surface area (Å²) < 4.78 is 0. The zero-order chi connectivity index (χ0) is 14.2. The van der Waals surface area contributed by atoms with E-state index >= 15 is 0 Å². The maximum absolute atomic E-state index is 5.55. The second-order valence-electron chi connectivity index (χ2n) is 6.55. The summed E-state index contributed by atoms with van der Waals surface area (Å²) in [7, 11) is 0. The van der Waals surface area contributed by atoms with E-state index in [0.717, 1.165) is 30.9 Å². The van der Waals surface area contributed by atoms with E-state index in [1.807, 2.05) is 0 Å². The fraction of sp³-hybridized carbons (Fsp3) is 0.500. The number of hydrogen-bond donors (Lipinski definition) is 2. The van der Waals surface area contributed by atoms with Crippen molar-refractivity contribution >= 4 is 16.6 Å². The van der Waals surface area contributed by atoms with Crippen molar-refractivity contribution in [2.75, 3.05) is 0 Å². The molecule has 1 aromatic heterocycles. The van der Waals surface area contributed by atoms with Gasteiger partial charge in [-0.2, -0.15) is 5.10 Å². The van der Waals surface area contributed by atoms with Crippen LogP contribution in [0.3, 0.4) is 0 Å². The van der Waals surface area contributed by atoms with Crippen molar-refractivity contribution < 1.29 is 0 Å². The fourth-order valence-corrected chi connectivity index (χ4v) is 4.15. The number of aromatic nitrogens is 1. The van der Waals surface area contributed by atoms with Crippen molar-refractivity contribution in [1.29, 1.82) is 0 Å². The fourth-order valence-electron chi connectivity index (χ4n) is 4.15. The molecule has 0 saturated heterocycles. The van der Waals surface area contributed by atoms with Gasteiger partial charge in [0.25, 0.3) is 0 Å². The highest BCUT2D eigenvalue weighted by atomic mass is 15.1. The molecule has 1 saturated carbocycles. The Balaban J connectivity index is 1.80. The highest BCUT2D eigenvalue weighted by molar-refractivity contribution is 6.06. The van der Waals surface area contributed by atoms with Gasteiger partial charge in [-0.25, -0.2) is 0 Å². The lowest BCUT2D eigenvalue weighted by atomic mass is 9.83. The van der Waals surface area contributed by atoms with E-state index < -0.39 is 0 Å². The van der Waals surface area contributed by atoms with Crippen LogP contribution in [0.25, 0.3) is 10.9 Å². The molecule has 3 N–H and O–H groups in total. The number of hydrogen-bond acceptors (Lipinski definition) is 2. The lowest BCUT2D eigenvalue weighted by Crippen LogP contribution is -2.13. The van der Waals surface area contributed by atoms with Crippen LogP contribution in [0.15, 0.2) is 23.3 Å². The highest BCUT2D eigenvalue weighted by Crippen LogP contribution is 2.36. The van der Waals surface area contributed by atoms with Gasteiger partial charge in [0.15, 0.2) is 0 Å². The van der Waals surface area contributed by atoms with Gasteiger partial charge in [0.05, 0.1) is 11.4 Å². The Morgan fingerprint density at radius 2 is 1.90 bits per heavy atom. The van der Waals surface area contributed by atoms with Gasteiger partial charge in [-0.15, -0.1) is 0 Å². The van der Waals surface area contributed by atoms with Crippen molar-refractivity contribution in [3.63, 3.8) is 0 Å². The van der Waals surface area contributed by atoms with Crippen molar-refractivity contribution in [2.24, 2.45) is 10.9 Å². The molecule has 110 valence electrons. The molecule has 0 aliphatic heterocycles. The molecule has 1 fully saturated rings. The molecule has 21 heavy (non-hydrogen) atoms. The number of fused-ring (bicyclic) bond motifs is 3. The van der Waals surface area contributed by atoms with E-state index in [2.05, 4.69) is 28.3 Å². The van der Waals surface area contributed by atoms with Crippen molar-refractivity contribution in [1.82, 2.24) is 4.98 Å². The quantitative estimate of drug-likeness (QED) is 0.597. The van der Waals surface area contributed by atoms with E-state index in [1.165, 1.54) is 59.8 Å². The maximum Gasteiger partial charge on any atom is 0.0837 e. The van der Waals surface area contributed by atoms with Crippen LogP contribution in [0.4, 0.5) is 0 Å². The van der Waals surface area contributed by atoms with Gasteiger partial charge in [0.1, 0.15) is 0 Å². The topological polar surface area (TPSA) is 54.2 Å². The third-order valence-electron chi connectivity index (χ3n) is 5.29. The zero-order valence-corrected chi connectivity index (χ0v) is 12.5. The molecule has 2 aliphatic rings. The number of aryl methyl sites for hydroxylation is 1. The van der Waals surface area contributed by atoms with E-state index in [0.29, 0.717) is 0 Å². The molecule has 3 nitrogen and oxygen atoms in total. The first kappa shape index (κ1) is 12.9. The van der Waals surface area contributed by atoms with Crippen LogP contribution >= 0.6 is 0 Å². The standard InChI is InChI=1S/C18H23N3/c19-21-17-8-4-7-14-15-11-13(12-5-2-1-3-6-12)9-10-16(15)20-18(14)17/h9-12,20H,1-8,19H2/b21-17-. The molecule has 0 bridgehead atoms. The second-order valence-corrected chi connectivity index (χ2v) is 6.55. The van der Waals surface area contributed by atoms with Crippen LogP contribution < -0.4 is 5.84 Å². The maximum atomic E-state index is 5.55. The minimum absolute atomic E-state index is 0.764. The molecular weight excluding hydrogens is 258 g/mol. The van der Waals surface area contributed by atoms with Crippen LogP contribution in [0.5, 0.6) is 0 Å². The van der Waals surface area contributed by atoms with Gasteiger partial charge in [-0.05, 0) is 61.3 Å². The van der Waals surface area contributed by atoms with Gasteiger partial charge in [0, 0.05) is 10.9 Å². The second kappa shape index (κ2) is 5.21. The molecule has 3 heteroatoms. The van der Waals surface area contributed by atoms with E-state index in [-0.39, 0.29) is 0 Å². The monoisotopic (exact) mass is 281 g/mol.